The molecule has 6 aromatic rings. The van der Waals surface area contributed by atoms with Gasteiger partial charge in [0.1, 0.15) is 6.10 Å². The molecule has 0 aromatic heterocycles. The average molecular weight is 818 g/mol. The number of ether oxygens (including phenoxy) is 2. The number of aromatic hydroxyl groups is 1. The van der Waals surface area contributed by atoms with Gasteiger partial charge in [0.15, 0.2) is 11.5 Å². The van der Waals surface area contributed by atoms with E-state index in [0.29, 0.717) is 74.8 Å². The molecule has 1 heterocycles. The number of hydrogen-bond acceptors (Lipinski definition) is 8. The lowest BCUT2D eigenvalue weighted by Gasteiger charge is -2.31. The Balaban J connectivity index is 0.870. The summed E-state index contributed by atoms with van der Waals surface area (Å²) in [5.41, 5.74) is 8.91. The van der Waals surface area contributed by atoms with Crippen molar-refractivity contribution in [2.45, 2.75) is 38.3 Å². The van der Waals surface area contributed by atoms with Crippen molar-refractivity contribution in [3.63, 3.8) is 0 Å². The minimum Gasteiger partial charge on any atom is -0.504 e. The number of piperidine rings is 1. The van der Waals surface area contributed by atoms with Crippen LogP contribution in [0.15, 0.2) is 146 Å². The number of nitrogens with zero attached hydrogens (tertiary/aromatic N) is 1. The number of carbonyl (C=O) groups is 3. The van der Waals surface area contributed by atoms with Crippen molar-refractivity contribution in [1.29, 1.82) is 0 Å². The smallest absolute Gasteiger partial charge is 0.411 e. The summed E-state index contributed by atoms with van der Waals surface area (Å²) < 4.78 is 11.1. The number of hydrogen-bond donors (Lipinski definition) is 5. The van der Waals surface area contributed by atoms with Gasteiger partial charge < -0.3 is 35.4 Å². The Morgan fingerprint density at radius 2 is 1.26 bits per heavy atom. The second-order valence-corrected chi connectivity index (χ2v) is 14.9. The van der Waals surface area contributed by atoms with Crippen molar-refractivity contribution in [2.75, 3.05) is 49.2 Å². The SMILES string of the molecule is COc1cc(CNCCC(=O)Nc2cccc(NC(=O)CCN3CCC(OC(=O)Nc4cccc(-c5ccccc5)c4-c4ccccc4-c4ccccc4)CC3)c2)ccc1O. The van der Waals surface area contributed by atoms with E-state index in [0.717, 1.165) is 38.9 Å². The molecule has 6 aromatic carbocycles. The summed E-state index contributed by atoms with van der Waals surface area (Å²) in [6, 6.07) is 46.8. The van der Waals surface area contributed by atoms with E-state index in [1.807, 2.05) is 60.7 Å². The topological polar surface area (TPSA) is 141 Å². The first kappa shape index (κ1) is 42.2. The molecule has 7 rings (SSSR count). The first-order chi connectivity index (χ1) is 29.8. The van der Waals surface area contributed by atoms with Crippen LogP contribution in [0.4, 0.5) is 21.9 Å². The van der Waals surface area contributed by atoms with Crippen LogP contribution in [0.2, 0.25) is 0 Å². The van der Waals surface area contributed by atoms with Crippen LogP contribution in [0.1, 0.15) is 31.2 Å². The Morgan fingerprint density at radius 3 is 1.95 bits per heavy atom. The Bertz CT molecular complexity index is 2420. The lowest BCUT2D eigenvalue weighted by atomic mass is 9.88. The third-order valence-corrected chi connectivity index (χ3v) is 10.7. The molecule has 61 heavy (non-hydrogen) atoms. The van der Waals surface area contributed by atoms with Gasteiger partial charge in [0.25, 0.3) is 0 Å². The highest BCUT2D eigenvalue weighted by Crippen LogP contribution is 2.42. The number of anilines is 3. The fourth-order valence-electron chi connectivity index (χ4n) is 7.56. The highest BCUT2D eigenvalue weighted by atomic mass is 16.6. The predicted octanol–water partition coefficient (Wildman–Crippen LogP) is 9.56. The van der Waals surface area contributed by atoms with Crippen molar-refractivity contribution in [3.05, 3.63) is 151 Å². The molecule has 1 aliphatic rings. The van der Waals surface area contributed by atoms with Crippen LogP contribution in [0.3, 0.4) is 0 Å². The lowest BCUT2D eigenvalue weighted by Crippen LogP contribution is -2.39. The zero-order valence-corrected chi connectivity index (χ0v) is 34.2. The maximum Gasteiger partial charge on any atom is 0.411 e. The van der Waals surface area contributed by atoms with Crippen LogP contribution in [0.25, 0.3) is 33.4 Å². The molecule has 0 radical (unpaired) electrons. The summed E-state index contributed by atoms with van der Waals surface area (Å²) in [6.07, 6.45) is 1.12. The quantitative estimate of drug-likeness (QED) is 0.0609. The van der Waals surface area contributed by atoms with E-state index in [4.69, 9.17) is 9.47 Å². The Hall–Kier alpha value is -6.95. The normalized spacial score (nSPS) is 12.9. The maximum absolute atomic E-state index is 13.5. The minimum absolute atomic E-state index is 0.0775. The number of likely N-dealkylation sites (tertiary alicyclic amines) is 1. The molecule has 0 unspecified atom stereocenters. The molecule has 0 bridgehead atoms. The van der Waals surface area contributed by atoms with Gasteiger partial charge in [0.2, 0.25) is 11.8 Å². The van der Waals surface area contributed by atoms with Crippen LogP contribution in [-0.4, -0.2) is 67.3 Å². The van der Waals surface area contributed by atoms with Crippen molar-refractivity contribution in [1.82, 2.24) is 10.2 Å². The van der Waals surface area contributed by atoms with Gasteiger partial charge in [-0.15, -0.1) is 0 Å². The summed E-state index contributed by atoms with van der Waals surface area (Å²) in [5, 5.41) is 21.9. The monoisotopic (exact) mass is 817 g/mol. The number of nitrogens with one attached hydrogen (secondary N) is 4. The summed E-state index contributed by atoms with van der Waals surface area (Å²) >= 11 is 0. The molecular formula is C50H51N5O6. The molecule has 1 fully saturated rings. The van der Waals surface area contributed by atoms with Crippen LogP contribution in [0, 0.1) is 0 Å². The summed E-state index contributed by atoms with van der Waals surface area (Å²) in [6.45, 7) is 2.94. The first-order valence-corrected chi connectivity index (χ1v) is 20.6. The number of amides is 3. The zero-order chi connectivity index (χ0) is 42.4. The molecule has 0 spiro atoms. The molecule has 0 saturated carbocycles. The summed E-state index contributed by atoms with van der Waals surface area (Å²) in [4.78, 5) is 41.3. The second kappa shape index (κ2) is 20.8. The average Bonchev–Trinajstić information content (AvgIpc) is 3.28. The van der Waals surface area contributed by atoms with E-state index in [1.54, 1.807) is 42.5 Å². The number of rotatable bonds is 16. The van der Waals surface area contributed by atoms with Crippen LogP contribution in [0.5, 0.6) is 11.5 Å². The van der Waals surface area contributed by atoms with Gasteiger partial charge in [-0.05, 0) is 82.6 Å². The van der Waals surface area contributed by atoms with E-state index in [9.17, 15) is 19.5 Å². The molecule has 312 valence electrons. The van der Waals surface area contributed by atoms with E-state index in [1.165, 1.54) is 7.11 Å². The summed E-state index contributed by atoms with van der Waals surface area (Å²) in [5.74, 6) is 0.194. The zero-order valence-electron chi connectivity index (χ0n) is 34.2. The van der Waals surface area contributed by atoms with E-state index < -0.39 is 6.09 Å². The van der Waals surface area contributed by atoms with Gasteiger partial charge in [-0.1, -0.05) is 109 Å². The number of phenolic OH excluding ortho intramolecular Hbond substituents is 1. The highest BCUT2D eigenvalue weighted by molar-refractivity contribution is 6.01. The van der Waals surface area contributed by atoms with Crippen molar-refractivity contribution in [2.24, 2.45) is 0 Å². The molecule has 1 saturated heterocycles. The largest absolute Gasteiger partial charge is 0.504 e. The molecule has 11 nitrogen and oxygen atoms in total. The maximum atomic E-state index is 13.5. The van der Waals surface area contributed by atoms with E-state index in [-0.39, 0.29) is 30.1 Å². The molecule has 0 aliphatic carbocycles. The fourth-order valence-corrected chi connectivity index (χ4v) is 7.56. The first-order valence-electron chi connectivity index (χ1n) is 20.6. The van der Waals surface area contributed by atoms with Gasteiger partial charge in [-0.25, -0.2) is 4.79 Å². The predicted molar refractivity (Wildman–Crippen MR) is 242 cm³/mol. The summed E-state index contributed by atoms with van der Waals surface area (Å²) in [7, 11) is 1.50. The third kappa shape index (κ3) is 11.6. The number of carbonyl (C=O) groups excluding carboxylic acids is 3. The van der Waals surface area contributed by atoms with Crippen molar-refractivity contribution in [3.8, 4) is 44.9 Å². The van der Waals surface area contributed by atoms with Crippen LogP contribution in [-0.2, 0) is 20.9 Å². The Morgan fingerprint density at radius 1 is 0.656 bits per heavy atom. The van der Waals surface area contributed by atoms with Gasteiger partial charge in [-0.3, -0.25) is 14.9 Å². The van der Waals surface area contributed by atoms with Gasteiger partial charge in [0, 0.05) is 62.5 Å². The van der Waals surface area contributed by atoms with Crippen molar-refractivity contribution >= 4 is 35.0 Å². The number of phenols is 1. The molecule has 0 atom stereocenters. The van der Waals surface area contributed by atoms with Crippen molar-refractivity contribution < 1.29 is 29.0 Å². The van der Waals surface area contributed by atoms with E-state index >= 15 is 0 Å². The van der Waals surface area contributed by atoms with Crippen LogP contribution < -0.4 is 26.0 Å². The number of benzene rings is 6. The minimum atomic E-state index is -0.497. The van der Waals surface area contributed by atoms with Gasteiger partial charge in [0.05, 0.1) is 12.8 Å². The van der Waals surface area contributed by atoms with Gasteiger partial charge >= 0.3 is 6.09 Å². The molecular weight excluding hydrogens is 767 g/mol. The highest BCUT2D eigenvalue weighted by Gasteiger charge is 2.24. The second-order valence-electron chi connectivity index (χ2n) is 14.9. The van der Waals surface area contributed by atoms with E-state index in [2.05, 4.69) is 68.6 Å². The fraction of sp³-hybridized carbons (Fsp3) is 0.220. The molecule has 1 aliphatic heterocycles. The third-order valence-electron chi connectivity index (χ3n) is 10.7. The molecule has 3 amide bonds. The Kier molecular flexibility index (Phi) is 14.4. The van der Waals surface area contributed by atoms with Gasteiger partial charge in [-0.2, -0.15) is 0 Å². The Labute approximate surface area is 356 Å². The van der Waals surface area contributed by atoms with Crippen LogP contribution >= 0.6 is 0 Å². The standard InChI is InChI=1S/C50H51N5O6/c1-60-46-32-35(22-23-45(46)56)34-51-28-24-47(57)52-38-16-10-17-39(33-38)53-48(58)27-31-55-29-25-40(26-30-55)61-50(59)54-44-21-11-20-42(37-14-6-3-7-15-37)49(44)43-19-9-8-18-41(43)36-12-4-2-5-13-36/h2-23,32-33,40,51,56H,24-31,34H2,1H3,(H,52,57)(H,53,58)(H,54,59). The lowest BCUT2D eigenvalue weighted by molar-refractivity contribution is -0.117. The number of methoxy groups -OCH3 is 1. The molecule has 5 N–H and O–H groups in total. The molecule has 11 heteroatoms.